The standard InChI is InChI=1S/C16H19N7O/c1-11(2)23-10-19-22-15(23)6-8-18-16(24)14-9-13(20-21-14)12-5-3-4-7-17-12/h3-5,7,9-11H,6,8H2,1-2H3,(H,18,24)(H,20,21). The Balaban J connectivity index is 1.58. The zero-order valence-electron chi connectivity index (χ0n) is 13.6. The maximum atomic E-state index is 12.2. The monoisotopic (exact) mass is 325 g/mol. The molecular weight excluding hydrogens is 306 g/mol. The highest BCUT2D eigenvalue weighted by molar-refractivity contribution is 5.93. The van der Waals surface area contributed by atoms with E-state index in [-0.39, 0.29) is 5.91 Å². The van der Waals surface area contributed by atoms with Crippen LogP contribution in [0.5, 0.6) is 0 Å². The van der Waals surface area contributed by atoms with E-state index in [4.69, 9.17) is 0 Å². The van der Waals surface area contributed by atoms with Crippen LogP contribution in [0.3, 0.4) is 0 Å². The fraction of sp³-hybridized carbons (Fsp3) is 0.312. The van der Waals surface area contributed by atoms with Crippen molar-refractivity contribution in [1.29, 1.82) is 0 Å². The van der Waals surface area contributed by atoms with E-state index in [9.17, 15) is 4.79 Å². The average molecular weight is 325 g/mol. The van der Waals surface area contributed by atoms with Crippen LogP contribution in [0.15, 0.2) is 36.8 Å². The lowest BCUT2D eigenvalue weighted by Crippen LogP contribution is -2.27. The molecule has 24 heavy (non-hydrogen) atoms. The van der Waals surface area contributed by atoms with Gasteiger partial charge in [-0.1, -0.05) is 6.07 Å². The summed E-state index contributed by atoms with van der Waals surface area (Å²) in [6.07, 6.45) is 4.01. The number of pyridine rings is 1. The number of nitrogens with zero attached hydrogens (tertiary/aromatic N) is 5. The van der Waals surface area contributed by atoms with Crippen LogP contribution in [0, 0.1) is 0 Å². The van der Waals surface area contributed by atoms with Gasteiger partial charge in [-0.15, -0.1) is 10.2 Å². The molecule has 0 bridgehead atoms. The van der Waals surface area contributed by atoms with Crippen molar-refractivity contribution >= 4 is 5.91 Å². The molecule has 8 nitrogen and oxygen atoms in total. The molecule has 0 radical (unpaired) electrons. The average Bonchev–Trinajstić information content (AvgIpc) is 3.25. The first-order chi connectivity index (χ1) is 11.6. The fourth-order valence-corrected chi connectivity index (χ4v) is 2.34. The Hall–Kier alpha value is -3.03. The van der Waals surface area contributed by atoms with E-state index >= 15 is 0 Å². The number of hydrogen-bond acceptors (Lipinski definition) is 5. The van der Waals surface area contributed by atoms with Crippen LogP contribution in [0.4, 0.5) is 0 Å². The Kier molecular flexibility index (Phi) is 4.64. The van der Waals surface area contributed by atoms with E-state index in [1.807, 2.05) is 22.8 Å². The molecule has 0 saturated heterocycles. The molecule has 0 saturated carbocycles. The first-order valence-corrected chi connectivity index (χ1v) is 7.78. The molecule has 3 aromatic heterocycles. The van der Waals surface area contributed by atoms with E-state index in [2.05, 4.69) is 44.5 Å². The molecule has 0 unspecified atom stereocenters. The van der Waals surface area contributed by atoms with Gasteiger partial charge in [0.05, 0.1) is 5.69 Å². The molecule has 0 atom stereocenters. The number of rotatable bonds is 6. The SMILES string of the molecule is CC(C)n1cnnc1CCNC(=O)c1cc(-c2ccccn2)n[nH]1. The lowest BCUT2D eigenvalue weighted by molar-refractivity contribution is 0.0949. The summed E-state index contributed by atoms with van der Waals surface area (Å²) in [4.78, 5) is 16.4. The topological polar surface area (TPSA) is 101 Å². The summed E-state index contributed by atoms with van der Waals surface area (Å²) in [5.41, 5.74) is 1.76. The molecule has 0 aromatic carbocycles. The quantitative estimate of drug-likeness (QED) is 0.717. The number of aromatic amines is 1. The first-order valence-electron chi connectivity index (χ1n) is 7.78. The van der Waals surface area contributed by atoms with Crippen LogP contribution in [0.2, 0.25) is 0 Å². The molecule has 3 aromatic rings. The molecule has 3 heterocycles. The predicted molar refractivity (Wildman–Crippen MR) is 88.3 cm³/mol. The molecule has 2 N–H and O–H groups in total. The summed E-state index contributed by atoms with van der Waals surface area (Å²) in [5, 5.41) is 17.7. The van der Waals surface area contributed by atoms with Gasteiger partial charge in [0, 0.05) is 25.2 Å². The number of H-pyrrole nitrogens is 1. The Morgan fingerprint density at radius 1 is 1.33 bits per heavy atom. The van der Waals surface area contributed by atoms with Gasteiger partial charge in [0.25, 0.3) is 5.91 Å². The van der Waals surface area contributed by atoms with Crippen LogP contribution >= 0.6 is 0 Å². The summed E-state index contributed by atoms with van der Waals surface area (Å²) in [6.45, 7) is 4.60. The van der Waals surface area contributed by atoms with Crippen molar-refractivity contribution in [2.45, 2.75) is 26.3 Å². The van der Waals surface area contributed by atoms with Crippen molar-refractivity contribution in [2.75, 3.05) is 6.54 Å². The maximum Gasteiger partial charge on any atom is 0.269 e. The van der Waals surface area contributed by atoms with Crippen molar-refractivity contribution in [1.82, 2.24) is 35.3 Å². The van der Waals surface area contributed by atoms with Gasteiger partial charge in [0.15, 0.2) is 0 Å². The van der Waals surface area contributed by atoms with E-state index in [0.29, 0.717) is 30.4 Å². The second-order valence-electron chi connectivity index (χ2n) is 5.64. The zero-order valence-corrected chi connectivity index (χ0v) is 13.6. The molecule has 1 amide bonds. The van der Waals surface area contributed by atoms with Crippen LogP contribution < -0.4 is 5.32 Å². The molecule has 0 aliphatic carbocycles. The lowest BCUT2D eigenvalue weighted by atomic mass is 10.2. The number of aromatic nitrogens is 6. The number of hydrogen-bond donors (Lipinski definition) is 2. The number of carbonyl (C=O) groups excluding carboxylic acids is 1. The molecule has 0 spiro atoms. The van der Waals surface area contributed by atoms with Gasteiger partial charge in [-0.3, -0.25) is 14.9 Å². The van der Waals surface area contributed by atoms with Gasteiger partial charge >= 0.3 is 0 Å². The fourth-order valence-electron chi connectivity index (χ4n) is 2.34. The Morgan fingerprint density at radius 2 is 2.21 bits per heavy atom. The van der Waals surface area contributed by atoms with Crippen molar-refractivity contribution in [3.8, 4) is 11.4 Å². The van der Waals surface area contributed by atoms with Gasteiger partial charge in [0.2, 0.25) is 0 Å². The van der Waals surface area contributed by atoms with Crippen LogP contribution in [-0.2, 0) is 6.42 Å². The highest BCUT2D eigenvalue weighted by atomic mass is 16.1. The van der Waals surface area contributed by atoms with Gasteiger partial charge in [-0.2, -0.15) is 5.10 Å². The summed E-state index contributed by atoms with van der Waals surface area (Å²) in [5.74, 6) is 0.643. The minimum absolute atomic E-state index is 0.208. The molecule has 124 valence electrons. The van der Waals surface area contributed by atoms with E-state index in [1.54, 1.807) is 18.6 Å². The first kappa shape index (κ1) is 15.9. The smallest absolute Gasteiger partial charge is 0.269 e. The summed E-state index contributed by atoms with van der Waals surface area (Å²) in [6, 6.07) is 7.53. The van der Waals surface area contributed by atoms with Gasteiger partial charge in [-0.05, 0) is 32.0 Å². The van der Waals surface area contributed by atoms with Gasteiger partial charge in [-0.25, -0.2) is 0 Å². The predicted octanol–water partition coefficient (Wildman–Crippen LogP) is 1.62. The summed E-state index contributed by atoms with van der Waals surface area (Å²) in [7, 11) is 0. The Bertz CT molecular complexity index is 807. The van der Waals surface area contributed by atoms with Crippen molar-refractivity contribution in [3.05, 3.63) is 48.3 Å². The maximum absolute atomic E-state index is 12.2. The van der Waals surface area contributed by atoms with Crippen molar-refractivity contribution in [3.63, 3.8) is 0 Å². The molecule has 3 rings (SSSR count). The van der Waals surface area contributed by atoms with Crippen molar-refractivity contribution < 1.29 is 4.79 Å². The summed E-state index contributed by atoms with van der Waals surface area (Å²) < 4.78 is 1.99. The third-order valence-corrected chi connectivity index (χ3v) is 3.59. The molecule has 0 aliphatic rings. The van der Waals surface area contributed by atoms with Crippen LogP contribution in [0.1, 0.15) is 36.2 Å². The normalized spacial score (nSPS) is 11.0. The highest BCUT2D eigenvalue weighted by Gasteiger charge is 2.12. The highest BCUT2D eigenvalue weighted by Crippen LogP contribution is 2.14. The third kappa shape index (κ3) is 3.48. The minimum Gasteiger partial charge on any atom is -0.350 e. The second-order valence-corrected chi connectivity index (χ2v) is 5.64. The molecule has 8 heteroatoms. The molecule has 0 fully saturated rings. The van der Waals surface area contributed by atoms with Gasteiger partial charge in [0.1, 0.15) is 23.5 Å². The van der Waals surface area contributed by atoms with E-state index in [0.717, 1.165) is 11.5 Å². The Labute approximate surface area is 139 Å². The number of carbonyl (C=O) groups is 1. The third-order valence-electron chi connectivity index (χ3n) is 3.59. The lowest BCUT2D eigenvalue weighted by Gasteiger charge is -2.10. The minimum atomic E-state index is -0.208. The molecule has 0 aliphatic heterocycles. The van der Waals surface area contributed by atoms with Gasteiger partial charge < -0.3 is 9.88 Å². The molecular formula is C16H19N7O. The number of nitrogens with one attached hydrogen (secondary N) is 2. The largest absolute Gasteiger partial charge is 0.350 e. The Morgan fingerprint density at radius 3 is 2.96 bits per heavy atom. The van der Waals surface area contributed by atoms with E-state index in [1.165, 1.54) is 0 Å². The van der Waals surface area contributed by atoms with Crippen LogP contribution in [-0.4, -0.2) is 42.4 Å². The number of amides is 1. The summed E-state index contributed by atoms with van der Waals surface area (Å²) >= 11 is 0. The van der Waals surface area contributed by atoms with Crippen molar-refractivity contribution in [2.24, 2.45) is 0 Å². The second kappa shape index (κ2) is 7.03. The van der Waals surface area contributed by atoms with E-state index < -0.39 is 0 Å². The van der Waals surface area contributed by atoms with Crippen LogP contribution in [0.25, 0.3) is 11.4 Å². The zero-order chi connectivity index (χ0) is 16.9.